The first-order valence-electron chi connectivity index (χ1n) is 6.56. The van der Waals surface area contributed by atoms with E-state index in [1.807, 2.05) is 0 Å². The van der Waals surface area contributed by atoms with Crippen LogP contribution >= 0.6 is 11.6 Å². The first kappa shape index (κ1) is 16.3. The van der Waals surface area contributed by atoms with Crippen molar-refractivity contribution in [1.29, 1.82) is 0 Å². The Hall–Kier alpha value is -2.11. The predicted octanol–water partition coefficient (Wildman–Crippen LogP) is 2.95. The number of ether oxygens (including phenoxy) is 1. The quantitative estimate of drug-likeness (QED) is 0.889. The average molecular weight is 324 g/mol. The lowest BCUT2D eigenvalue weighted by Gasteiger charge is -2.13. The third-order valence-corrected chi connectivity index (χ3v) is 3.42. The summed E-state index contributed by atoms with van der Waals surface area (Å²) in [7, 11) is 1.51. The minimum atomic E-state index is -1.03. The summed E-state index contributed by atoms with van der Waals surface area (Å²) < 4.78 is 18.4. The smallest absolute Gasteiger partial charge is 0.251 e. The van der Waals surface area contributed by atoms with E-state index >= 15 is 0 Å². The molecule has 0 aromatic heterocycles. The number of methoxy groups -OCH3 is 1. The Labute approximate surface area is 132 Å². The molecular formula is C16H15ClFNO3. The maximum absolute atomic E-state index is 13.3. The summed E-state index contributed by atoms with van der Waals surface area (Å²) in [5.41, 5.74) is 0.752. The van der Waals surface area contributed by atoms with Gasteiger partial charge in [-0.25, -0.2) is 4.39 Å². The van der Waals surface area contributed by atoms with E-state index < -0.39 is 11.9 Å². The number of rotatable bonds is 5. The maximum atomic E-state index is 13.3. The second-order valence-corrected chi connectivity index (χ2v) is 5.04. The number of hydrogen-bond donors (Lipinski definition) is 2. The molecule has 2 rings (SSSR count). The summed E-state index contributed by atoms with van der Waals surface area (Å²) in [6.45, 7) is -0.0445. The molecule has 1 amide bonds. The lowest BCUT2D eigenvalue weighted by Crippen LogP contribution is -2.28. The van der Waals surface area contributed by atoms with Gasteiger partial charge in [0.2, 0.25) is 0 Å². The molecule has 116 valence electrons. The monoisotopic (exact) mass is 323 g/mol. The summed E-state index contributed by atoms with van der Waals surface area (Å²) in [6.07, 6.45) is -1.03. The van der Waals surface area contributed by atoms with E-state index in [0.717, 1.165) is 6.07 Å². The van der Waals surface area contributed by atoms with E-state index in [1.165, 1.54) is 19.2 Å². The summed E-state index contributed by atoms with van der Waals surface area (Å²) >= 11 is 5.58. The second-order valence-electron chi connectivity index (χ2n) is 4.63. The van der Waals surface area contributed by atoms with Gasteiger partial charge in [-0.1, -0.05) is 23.7 Å². The van der Waals surface area contributed by atoms with Crippen LogP contribution in [0.5, 0.6) is 5.75 Å². The molecular weight excluding hydrogens is 309 g/mol. The van der Waals surface area contributed by atoms with E-state index in [9.17, 15) is 14.3 Å². The van der Waals surface area contributed by atoms with Crippen LogP contribution in [0.1, 0.15) is 22.0 Å². The molecule has 0 spiro atoms. The number of halogens is 2. The highest BCUT2D eigenvalue weighted by Crippen LogP contribution is 2.20. The number of carbonyl (C=O) groups excluding carboxylic acids is 1. The van der Waals surface area contributed by atoms with Gasteiger partial charge in [0, 0.05) is 12.1 Å². The van der Waals surface area contributed by atoms with Crippen LogP contribution in [-0.2, 0) is 0 Å². The number of benzene rings is 2. The molecule has 6 heteroatoms. The zero-order valence-corrected chi connectivity index (χ0v) is 12.6. The van der Waals surface area contributed by atoms with Crippen LogP contribution in [0, 0.1) is 5.82 Å². The van der Waals surface area contributed by atoms with Crippen LogP contribution in [0.4, 0.5) is 4.39 Å². The van der Waals surface area contributed by atoms with Gasteiger partial charge in [0.25, 0.3) is 5.91 Å². The van der Waals surface area contributed by atoms with Gasteiger partial charge in [-0.15, -0.1) is 0 Å². The van der Waals surface area contributed by atoms with Crippen molar-refractivity contribution < 1.29 is 19.0 Å². The fourth-order valence-electron chi connectivity index (χ4n) is 1.89. The molecule has 0 aliphatic heterocycles. The van der Waals surface area contributed by atoms with Gasteiger partial charge in [0.05, 0.1) is 18.2 Å². The second kappa shape index (κ2) is 7.24. The van der Waals surface area contributed by atoms with Crippen molar-refractivity contribution in [1.82, 2.24) is 5.32 Å². The van der Waals surface area contributed by atoms with E-state index in [-0.39, 0.29) is 17.5 Å². The number of hydrogen-bond acceptors (Lipinski definition) is 3. The summed E-state index contributed by atoms with van der Waals surface area (Å²) in [4.78, 5) is 12.0. The highest BCUT2D eigenvalue weighted by Gasteiger charge is 2.13. The predicted molar refractivity (Wildman–Crippen MR) is 81.7 cm³/mol. The van der Waals surface area contributed by atoms with Crippen LogP contribution in [0.2, 0.25) is 5.02 Å². The number of carbonyl (C=O) groups is 1. The molecule has 1 atom stereocenters. The van der Waals surface area contributed by atoms with Crippen molar-refractivity contribution in [3.63, 3.8) is 0 Å². The largest absolute Gasteiger partial charge is 0.497 e. The summed E-state index contributed by atoms with van der Waals surface area (Å²) in [6, 6.07) is 10.6. The van der Waals surface area contributed by atoms with Crippen molar-refractivity contribution in [3.05, 3.63) is 64.4 Å². The Balaban J connectivity index is 1.99. The molecule has 0 aliphatic carbocycles. The van der Waals surface area contributed by atoms with Gasteiger partial charge >= 0.3 is 0 Å². The third kappa shape index (κ3) is 3.96. The highest BCUT2D eigenvalue weighted by molar-refractivity contribution is 6.30. The molecule has 0 saturated heterocycles. The van der Waals surface area contributed by atoms with Crippen LogP contribution in [0.25, 0.3) is 0 Å². The Kier molecular flexibility index (Phi) is 5.35. The first-order valence-corrected chi connectivity index (χ1v) is 6.94. The number of aliphatic hydroxyl groups is 1. The maximum Gasteiger partial charge on any atom is 0.251 e. The fourth-order valence-corrected chi connectivity index (χ4v) is 2.01. The molecule has 4 nitrogen and oxygen atoms in total. The lowest BCUT2D eigenvalue weighted by atomic mass is 10.1. The van der Waals surface area contributed by atoms with Crippen molar-refractivity contribution in [2.75, 3.05) is 13.7 Å². The van der Waals surface area contributed by atoms with E-state index in [2.05, 4.69) is 5.32 Å². The van der Waals surface area contributed by atoms with Crippen molar-refractivity contribution in [3.8, 4) is 5.75 Å². The van der Waals surface area contributed by atoms with Gasteiger partial charge < -0.3 is 15.2 Å². The molecule has 0 bridgehead atoms. The normalized spacial score (nSPS) is 11.8. The molecule has 0 saturated carbocycles. The molecule has 0 radical (unpaired) electrons. The highest BCUT2D eigenvalue weighted by atomic mass is 35.5. The zero-order valence-electron chi connectivity index (χ0n) is 11.8. The standard InChI is InChI=1S/C16H15ClFNO3/c1-22-12-4-2-3-11(7-12)16(21)19-9-15(20)10-5-6-13(17)14(18)8-10/h2-8,15,20H,9H2,1H3,(H,19,21). The molecule has 0 fully saturated rings. The summed E-state index contributed by atoms with van der Waals surface area (Å²) in [5, 5.41) is 12.5. The van der Waals surface area contributed by atoms with Crippen LogP contribution < -0.4 is 10.1 Å². The first-order chi connectivity index (χ1) is 10.5. The Morgan fingerprint density at radius 1 is 1.36 bits per heavy atom. The topological polar surface area (TPSA) is 58.6 Å². The summed E-state index contributed by atoms with van der Waals surface area (Å²) in [5.74, 6) is -0.405. The number of nitrogens with one attached hydrogen (secondary N) is 1. The fraction of sp³-hybridized carbons (Fsp3) is 0.188. The minimum Gasteiger partial charge on any atom is -0.497 e. The molecule has 22 heavy (non-hydrogen) atoms. The molecule has 1 unspecified atom stereocenters. The van der Waals surface area contributed by atoms with Crippen LogP contribution in [0.3, 0.4) is 0 Å². The van der Waals surface area contributed by atoms with Gasteiger partial charge in [0.1, 0.15) is 11.6 Å². The van der Waals surface area contributed by atoms with Crippen molar-refractivity contribution >= 4 is 17.5 Å². The average Bonchev–Trinajstić information content (AvgIpc) is 2.54. The van der Waals surface area contributed by atoms with E-state index in [1.54, 1.807) is 24.3 Å². The van der Waals surface area contributed by atoms with Gasteiger partial charge in [-0.05, 0) is 35.9 Å². The van der Waals surface area contributed by atoms with Crippen LogP contribution in [0.15, 0.2) is 42.5 Å². The molecule has 2 aromatic rings. The molecule has 0 heterocycles. The Morgan fingerprint density at radius 3 is 2.82 bits per heavy atom. The number of amides is 1. The molecule has 2 N–H and O–H groups in total. The minimum absolute atomic E-state index is 0.0173. The van der Waals surface area contributed by atoms with Gasteiger partial charge in [-0.3, -0.25) is 4.79 Å². The Bertz CT molecular complexity index is 678. The van der Waals surface area contributed by atoms with Crippen molar-refractivity contribution in [2.24, 2.45) is 0 Å². The molecule has 0 aliphatic rings. The SMILES string of the molecule is COc1cccc(C(=O)NCC(O)c2ccc(Cl)c(F)c2)c1. The zero-order chi connectivity index (χ0) is 16.1. The van der Waals surface area contributed by atoms with E-state index in [4.69, 9.17) is 16.3 Å². The Morgan fingerprint density at radius 2 is 2.14 bits per heavy atom. The van der Waals surface area contributed by atoms with Gasteiger partial charge in [-0.2, -0.15) is 0 Å². The third-order valence-electron chi connectivity index (χ3n) is 3.12. The van der Waals surface area contributed by atoms with Crippen LogP contribution in [-0.4, -0.2) is 24.7 Å². The molecule has 2 aromatic carbocycles. The van der Waals surface area contributed by atoms with E-state index in [0.29, 0.717) is 16.9 Å². The van der Waals surface area contributed by atoms with Crippen molar-refractivity contribution in [2.45, 2.75) is 6.10 Å². The number of aliphatic hydroxyl groups excluding tert-OH is 1. The lowest BCUT2D eigenvalue weighted by molar-refractivity contribution is 0.0916. The van der Waals surface area contributed by atoms with Gasteiger partial charge in [0.15, 0.2) is 0 Å².